The molecule has 3 rings (SSSR count). The number of nitrogens with one attached hydrogen (secondary N) is 1. The van der Waals surface area contributed by atoms with E-state index in [0.29, 0.717) is 28.6 Å². The predicted octanol–water partition coefficient (Wildman–Crippen LogP) is 3.04. The van der Waals surface area contributed by atoms with Gasteiger partial charge in [0.05, 0.1) is 16.4 Å². The maximum atomic E-state index is 11.5. The summed E-state index contributed by atoms with van der Waals surface area (Å²) in [6.45, 7) is 0.450. The summed E-state index contributed by atoms with van der Waals surface area (Å²) in [6, 6.07) is 13.9. The van der Waals surface area contributed by atoms with Gasteiger partial charge in [0.25, 0.3) is 11.1 Å². The van der Waals surface area contributed by atoms with Gasteiger partial charge < -0.3 is 4.74 Å². The van der Waals surface area contributed by atoms with Gasteiger partial charge in [-0.05, 0) is 53.2 Å². The molecule has 0 aromatic heterocycles. The van der Waals surface area contributed by atoms with E-state index in [1.165, 1.54) is 6.26 Å². The largest absolute Gasteiger partial charge is 0.493 e. The highest BCUT2D eigenvalue weighted by Crippen LogP contribution is 2.26. The molecule has 0 atom stereocenters. The summed E-state index contributed by atoms with van der Waals surface area (Å²) in [6.07, 6.45) is 3.48. The molecule has 2 aromatic carbocycles. The van der Waals surface area contributed by atoms with Gasteiger partial charge in [-0.15, -0.1) is 0 Å². The number of imide groups is 1. The molecule has 0 bridgehead atoms. The third-order valence-corrected chi connectivity index (χ3v) is 5.77. The van der Waals surface area contributed by atoms with Crippen LogP contribution in [0.2, 0.25) is 0 Å². The van der Waals surface area contributed by atoms with Gasteiger partial charge in [0.1, 0.15) is 5.75 Å². The van der Waals surface area contributed by atoms with Crippen molar-refractivity contribution in [1.82, 2.24) is 5.32 Å². The Morgan fingerprint density at radius 3 is 2.26 bits per heavy atom. The minimum atomic E-state index is -3.18. The Morgan fingerprint density at radius 1 is 1.04 bits per heavy atom. The van der Waals surface area contributed by atoms with Crippen molar-refractivity contribution >= 4 is 38.8 Å². The van der Waals surface area contributed by atoms with E-state index in [-0.39, 0.29) is 11.1 Å². The molecule has 27 heavy (non-hydrogen) atoms. The van der Waals surface area contributed by atoms with Gasteiger partial charge in [0.2, 0.25) is 0 Å². The van der Waals surface area contributed by atoms with Gasteiger partial charge in [-0.2, -0.15) is 0 Å². The van der Waals surface area contributed by atoms with Crippen LogP contribution in [0.25, 0.3) is 6.08 Å². The number of thioether (sulfide) groups is 1. The van der Waals surface area contributed by atoms with Crippen molar-refractivity contribution in [3.63, 3.8) is 0 Å². The fourth-order valence-corrected chi connectivity index (χ4v) is 3.74. The van der Waals surface area contributed by atoms with Gasteiger partial charge in [-0.3, -0.25) is 14.9 Å². The van der Waals surface area contributed by atoms with Crippen molar-refractivity contribution in [3.8, 4) is 5.75 Å². The number of carbonyl (C=O) groups excluding carboxylic acids is 2. The highest BCUT2D eigenvalue weighted by molar-refractivity contribution is 8.18. The van der Waals surface area contributed by atoms with E-state index < -0.39 is 9.84 Å². The smallest absolute Gasteiger partial charge is 0.290 e. The Balaban J connectivity index is 1.54. The zero-order valence-corrected chi connectivity index (χ0v) is 16.1. The lowest BCUT2D eigenvalue weighted by Crippen LogP contribution is -2.17. The van der Waals surface area contributed by atoms with Gasteiger partial charge in [-0.25, -0.2) is 8.42 Å². The number of hydrogen-bond acceptors (Lipinski definition) is 6. The van der Waals surface area contributed by atoms with Gasteiger partial charge in [0, 0.05) is 12.7 Å². The molecule has 1 heterocycles. The monoisotopic (exact) mass is 403 g/mol. The summed E-state index contributed by atoms with van der Waals surface area (Å²) in [4.78, 5) is 23.3. The fraction of sp³-hybridized carbons (Fsp3) is 0.158. The van der Waals surface area contributed by atoms with Crippen LogP contribution in [0.4, 0.5) is 4.79 Å². The lowest BCUT2D eigenvalue weighted by Gasteiger charge is -2.07. The van der Waals surface area contributed by atoms with E-state index in [2.05, 4.69) is 5.32 Å². The Morgan fingerprint density at radius 2 is 1.70 bits per heavy atom. The summed E-state index contributed by atoms with van der Waals surface area (Å²) in [5.74, 6) is 0.303. The normalized spacial score (nSPS) is 15.8. The third kappa shape index (κ3) is 5.21. The topological polar surface area (TPSA) is 89.5 Å². The molecular formula is C19H17NO5S2. The van der Waals surface area contributed by atoms with Crippen LogP contribution < -0.4 is 10.1 Å². The van der Waals surface area contributed by atoms with Crippen LogP contribution in [0.5, 0.6) is 5.75 Å². The number of amides is 2. The molecule has 1 aliphatic heterocycles. The van der Waals surface area contributed by atoms with Crippen LogP contribution in [0.3, 0.4) is 0 Å². The van der Waals surface area contributed by atoms with Crippen LogP contribution in [-0.2, 0) is 21.1 Å². The molecule has 1 aliphatic rings. The number of carbonyl (C=O) groups is 2. The van der Waals surface area contributed by atoms with Crippen LogP contribution in [0.15, 0.2) is 58.3 Å². The third-order valence-electron chi connectivity index (χ3n) is 3.83. The minimum Gasteiger partial charge on any atom is -0.493 e. The molecule has 0 radical (unpaired) electrons. The van der Waals surface area contributed by atoms with E-state index in [1.54, 1.807) is 54.6 Å². The van der Waals surface area contributed by atoms with Crippen molar-refractivity contribution in [1.29, 1.82) is 0 Å². The Kier molecular flexibility index (Phi) is 5.67. The van der Waals surface area contributed by atoms with E-state index in [9.17, 15) is 18.0 Å². The summed E-state index contributed by atoms with van der Waals surface area (Å²) in [7, 11) is -3.18. The van der Waals surface area contributed by atoms with Crippen LogP contribution in [-0.4, -0.2) is 32.4 Å². The molecule has 0 saturated carbocycles. The number of ether oxygens (including phenoxy) is 1. The quantitative estimate of drug-likeness (QED) is 0.746. The van der Waals surface area contributed by atoms with E-state index in [4.69, 9.17) is 4.74 Å². The number of sulfone groups is 1. The Bertz CT molecular complexity index is 993. The number of benzene rings is 2. The Hall–Kier alpha value is -2.58. The number of rotatable bonds is 6. The van der Waals surface area contributed by atoms with Crippen molar-refractivity contribution in [2.24, 2.45) is 0 Å². The molecule has 1 fully saturated rings. The molecule has 140 valence electrons. The molecule has 1 N–H and O–H groups in total. The first-order valence-electron chi connectivity index (χ1n) is 8.08. The highest BCUT2D eigenvalue weighted by Gasteiger charge is 2.24. The second kappa shape index (κ2) is 7.98. The van der Waals surface area contributed by atoms with Crippen LogP contribution in [0.1, 0.15) is 11.1 Å². The lowest BCUT2D eigenvalue weighted by molar-refractivity contribution is -0.115. The molecule has 0 spiro atoms. The first-order valence-corrected chi connectivity index (χ1v) is 10.8. The standard InChI is InChI=1S/C19H17NO5S2/c1-27(23,24)16-8-4-13(5-9-16)10-11-25-15-6-2-14(3-7-15)12-17-18(21)20-19(22)26-17/h2-9,12H,10-11H2,1H3,(H,20,21,22). The summed E-state index contributed by atoms with van der Waals surface area (Å²) >= 11 is 0.879. The molecule has 8 heteroatoms. The van der Waals surface area contributed by atoms with Crippen molar-refractivity contribution in [2.75, 3.05) is 12.9 Å². The van der Waals surface area contributed by atoms with Crippen LogP contribution >= 0.6 is 11.8 Å². The van der Waals surface area contributed by atoms with Gasteiger partial charge in [-0.1, -0.05) is 24.3 Å². The average Bonchev–Trinajstić information content (AvgIpc) is 2.93. The zero-order chi connectivity index (χ0) is 19.4. The second-order valence-electron chi connectivity index (χ2n) is 5.94. The maximum Gasteiger partial charge on any atom is 0.290 e. The fourth-order valence-electron chi connectivity index (χ4n) is 2.42. The molecule has 2 amide bonds. The summed E-state index contributed by atoms with van der Waals surface area (Å²) in [5, 5.41) is 1.85. The molecule has 0 aliphatic carbocycles. The van der Waals surface area contributed by atoms with Crippen LogP contribution in [0, 0.1) is 0 Å². The average molecular weight is 403 g/mol. The second-order valence-corrected chi connectivity index (χ2v) is 8.97. The van der Waals surface area contributed by atoms with Crippen molar-refractivity contribution in [2.45, 2.75) is 11.3 Å². The molecule has 2 aromatic rings. The highest BCUT2D eigenvalue weighted by atomic mass is 32.2. The van der Waals surface area contributed by atoms with Gasteiger partial charge >= 0.3 is 0 Å². The summed E-state index contributed by atoms with van der Waals surface area (Å²) in [5.41, 5.74) is 1.78. The predicted molar refractivity (Wildman–Crippen MR) is 104 cm³/mol. The van der Waals surface area contributed by atoms with E-state index in [0.717, 1.165) is 22.9 Å². The summed E-state index contributed by atoms with van der Waals surface area (Å²) < 4.78 is 28.6. The molecule has 6 nitrogen and oxygen atoms in total. The first kappa shape index (κ1) is 19.2. The van der Waals surface area contributed by atoms with Crippen molar-refractivity contribution in [3.05, 3.63) is 64.6 Å². The number of hydrogen-bond donors (Lipinski definition) is 1. The van der Waals surface area contributed by atoms with E-state index in [1.807, 2.05) is 0 Å². The minimum absolute atomic E-state index is 0.299. The van der Waals surface area contributed by atoms with Gasteiger partial charge in [0.15, 0.2) is 9.84 Å². The molecular weight excluding hydrogens is 386 g/mol. The maximum absolute atomic E-state index is 11.5. The first-order chi connectivity index (χ1) is 12.8. The zero-order valence-electron chi connectivity index (χ0n) is 14.5. The Labute approximate surface area is 161 Å². The SMILES string of the molecule is CS(=O)(=O)c1ccc(CCOc2ccc(C=C3SC(=O)NC3=O)cc2)cc1. The molecule has 1 saturated heterocycles. The van der Waals surface area contributed by atoms with E-state index >= 15 is 0 Å². The lowest BCUT2D eigenvalue weighted by atomic mass is 10.1. The van der Waals surface area contributed by atoms with Crippen molar-refractivity contribution < 1.29 is 22.7 Å². The molecule has 0 unspecified atom stereocenters.